The first-order valence-electron chi connectivity index (χ1n) is 6.34. The van der Waals surface area contributed by atoms with Crippen molar-refractivity contribution in [3.05, 3.63) is 29.3 Å². The van der Waals surface area contributed by atoms with E-state index in [-0.39, 0.29) is 0 Å². The Balaban J connectivity index is 2.59. The van der Waals surface area contributed by atoms with Crippen LogP contribution in [0.4, 0.5) is 0 Å². The summed E-state index contributed by atoms with van der Waals surface area (Å²) in [6.45, 7) is 5.80. The van der Waals surface area contributed by atoms with Crippen LogP contribution < -0.4 is 11.1 Å². The average molecular weight is 265 g/mol. The number of hydrogen-bond acceptors (Lipinski definition) is 2. The van der Waals surface area contributed by atoms with E-state index in [4.69, 9.17) is 5.73 Å². The zero-order valence-corrected chi connectivity index (χ0v) is 12.3. The highest BCUT2D eigenvalue weighted by atomic mass is 32.2. The quantitative estimate of drug-likeness (QED) is 0.360. The molecule has 0 unspecified atom stereocenters. The molecule has 0 amide bonds. The molecule has 0 radical (unpaired) electrons. The molecule has 0 saturated carbocycles. The molecule has 0 fully saturated rings. The monoisotopic (exact) mass is 265 g/mol. The zero-order valence-electron chi connectivity index (χ0n) is 11.5. The van der Waals surface area contributed by atoms with Gasteiger partial charge in [0.15, 0.2) is 5.96 Å². The molecule has 0 aliphatic heterocycles. The van der Waals surface area contributed by atoms with Gasteiger partial charge >= 0.3 is 0 Å². The Kier molecular flexibility index (Phi) is 6.65. The largest absolute Gasteiger partial charge is 0.370 e. The van der Waals surface area contributed by atoms with E-state index in [1.54, 1.807) is 11.8 Å². The molecule has 3 N–H and O–H groups in total. The number of benzene rings is 1. The summed E-state index contributed by atoms with van der Waals surface area (Å²) in [6, 6.07) is 6.44. The Morgan fingerprint density at radius 1 is 1.44 bits per heavy atom. The van der Waals surface area contributed by atoms with E-state index in [1.807, 2.05) is 0 Å². The molecule has 4 heteroatoms. The Bertz CT molecular complexity index is 402. The first-order valence-corrected chi connectivity index (χ1v) is 7.57. The molecule has 1 aromatic rings. The molecule has 0 heterocycles. The average Bonchev–Trinajstić information content (AvgIpc) is 2.37. The minimum absolute atomic E-state index is 0.538. The maximum absolute atomic E-state index is 5.82. The van der Waals surface area contributed by atoms with Gasteiger partial charge in [0.25, 0.3) is 0 Å². The summed E-state index contributed by atoms with van der Waals surface area (Å²) >= 11 is 1.75. The van der Waals surface area contributed by atoms with Crippen molar-refractivity contribution in [2.45, 2.75) is 38.1 Å². The first-order chi connectivity index (χ1) is 8.67. The van der Waals surface area contributed by atoms with Gasteiger partial charge < -0.3 is 11.1 Å². The maximum Gasteiger partial charge on any atom is 0.188 e. The van der Waals surface area contributed by atoms with Crippen LogP contribution in [0, 0.1) is 6.92 Å². The van der Waals surface area contributed by atoms with Gasteiger partial charge in [-0.25, -0.2) is 4.99 Å². The number of aryl methyl sites for hydroxylation is 1. The molecule has 0 atom stereocenters. The third-order valence-electron chi connectivity index (χ3n) is 2.70. The Hall–Kier alpha value is -1.16. The van der Waals surface area contributed by atoms with Gasteiger partial charge in [-0.05, 0) is 36.8 Å². The SMILES string of the molecule is CCCCNC(N)=NCc1ccc(C)cc1SC. The molecule has 0 aliphatic rings. The topological polar surface area (TPSA) is 50.4 Å². The number of nitrogens with zero attached hydrogens (tertiary/aromatic N) is 1. The molecule has 0 bridgehead atoms. The van der Waals surface area contributed by atoms with Gasteiger partial charge in [0, 0.05) is 11.4 Å². The van der Waals surface area contributed by atoms with Crippen molar-refractivity contribution in [3.8, 4) is 0 Å². The third-order valence-corrected chi connectivity index (χ3v) is 3.52. The summed E-state index contributed by atoms with van der Waals surface area (Å²) in [5, 5.41) is 3.12. The molecule has 0 saturated heterocycles. The van der Waals surface area contributed by atoms with Crippen molar-refractivity contribution < 1.29 is 0 Å². The van der Waals surface area contributed by atoms with E-state index in [1.165, 1.54) is 16.0 Å². The van der Waals surface area contributed by atoms with Crippen LogP contribution in [0.1, 0.15) is 30.9 Å². The van der Waals surface area contributed by atoms with Crippen LogP contribution in [0.25, 0.3) is 0 Å². The van der Waals surface area contributed by atoms with Gasteiger partial charge in [-0.15, -0.1) is 11.8 Å². The highest BCUT2D eigenvalue weighted by molar-refractivity contribution is 7.98. The molecular formula is C14H23N3S. The fourth-order valence-electron chi connectivity index (χ4n) is 1.60. The fraction of sp³-hybridized carbons (Fsp3) is 0.500. The highest BCUT2D eigenvalue weighted by Crippen LogP contribution is 2.22. The van der Waals surface area contributed by atoms with Crippen LogP contribution in [0.2, 0.25) is 0 Å². The molecule has 1 rings (SSSR count). The lowest BCUT2D eigenvalue weighted by Gasteiger charge is -2.08. The standard InChI is InChI=1S/C14H23N3S/c1-4-5-8-16-14(15)17-10-12-7-6-11(2)9-13(12)18-3/h6-7,9H,4-5,8,10H2,1-3H3,(H3,15,16,17). The van der Waals surface area contributed by atoms with Gasteiger partial charge in [-0.1, -0.05) is 25.5 Å². The minimum atomic E-state index is 0.538. The van der Waals surface area contributed by atoms with Crippen molar-refractivity contribution in [2.75, 3.05) is 12.8 Å². The summed E-state index contributed by atoms with van der Waals surface area (Å²) in [5.74, 6) is 0.538. The molecule has 100 valence electrons. The summed E-state index contributed by atoms with van der Waals surface area (Å²) in [4.78, 5) is 5.65. The van der Waals surface area contributed by atoms with Crippen molar-refractivity contribution in [2.24, 2.45) is 10.7 Å². The lowest BCUT2D eigenvalue weighted by Crippen LogP contribution is -2.32. The Labute approximate surface area is 114 Å². The van der Waals surface area contributed by atoms with Gasteiger partial charge in [0.05, 0.1) is 6.54 Å². The number of nitrogens with two attached hydrogens (primary N) is 1. The van der Waals surface area contributed by atoms with E-state index >= 15 is 0 Å². The lowest BCUT2D eigenvalue weighted by atomic mass is 10.1. The molecular weight excluding hydrogens is 242 g/mol. The van der Waals surface area contributed by atoms with Gasteiger partial charge in [-0.3, -0.25) is 0 Å². The third kappa shape index (κ3) is 5.00. The molecule has 3 nitrogen and oxygen atoms in total. The van der Waals surface area contributed by atoms with Crippen LogP contribution in [0.15, 0.2) is 28.1 Å². The van der Waals surface area contributed by atoms with Crippen molar-refractivity contribution in [3.63, 3.8) is 0 Å². The molecule has 1 aromatic carbocycles. The fourth-order valence-corrected chi connectivity index (χ4v) is 2.30. The highest BCUT2D eigenvalue weighted by Gasteiger charge is 2.01. The number of rotatable bonds is 6. The second-order valence-corrected chi connectivity index (χ2v) is 5.15. The summed E-state index contributed by atoms with van der Waals surface area (Å²) in [6.07, 6.45) is 4.37. The Morgan fingerprint density at radius 3 is 2.89 bits per heavy atom. The number of hydrogen-bond donors (Lipinski definition) is 2. The minimum Gasteiger partial charge on any atom is -0.370 e. The summed E-state index contributed by atoms with van der Waals surface area (Å²) in [5.41, 5.74) is 8.32. The van der Waals surface area contributed by atoms with Gasteiger partial charge in [-0.2, -0.15) is 0 Å². The second-order valence-electron chi connectivity index (χ2n) is 4.30. The predicted molar refractivity (Wildman–Crippen MR) is 81.2 cm³/mol. The van der Waals surface area contributed by atoms with Crippen LogP contribution in [0.3, 0.4) is 0 Å². The predicted octanol–water partition coefficient (Wildman–Crippen LogP) is 2.92. The number of unbranched alkanes of at least 4 members (excludes halogenated alkanes) is 1. The van der Waals surface area contributed by atoms with Crippen molar-refractivity contribution >= 4 is 17.7 Å². The molecule has 0 aliphatic carbocycles. The van der Waals surface area contributed by atoms with E-state index in [2.05, 4.69) is 48.6 Å². The van der Waals surface area contributed by atoms with Crippen molar-refractivity contribution in [1.82, 2.24) is 5.32 Å². The summed E-state index contributed by atoms with van der Waals surface area (Å²) in [7, 11) is 0. The maximum atomic E-state index is 5.82. The van der Waals surface area contributed by atoms with Gasteiger partial charge in [0.2, 0.25) is 0 Å². The summed E-state index contributed by atoms with van der Waals surface area (Å²) < 4.78 is 0. The van der Waals surface area contributed by atoms with Crippen LogP contribution in [0.5, 0.6) is 0 Å². The zero-order chi connectivity index (χ0) is 13.4. The first kappa shape index (κ1) is 14.9. The molecule has 0 spiro atoms. The lowest BCUT2D eigenvalue weighted by molar-refractivity contribution is 0.748. The Morgan fingerprint density at radius 2 is 2.22 bits per heavy atom. The van der Waals surface area contributed by atoms with E-state index < -0.39 is 0 Å². The molecule has 18 heavy (non-hydrogen) atoms. The smallest absolute Gasteiger partial charge is 0.188 e. The normalized spacial score (nSPS) is 11.6. The van der Waals surface area contributed by atoms with Crippen LogP contribution in [-0.4, -0.2) is 18.8 Å². The van der Waals surface area contributed by atoms with E-state index in [0.717, 1.165) is 19.4 Å². The number of guanidine groups is 1. The molecule has 0 aromatic heterocycles. The van der Waals surface area contributed by atoms with E-state index in [0.29, 0.717) is 12.5 Å². The number of nitrogens with one attached hydrogen (secondary N) is 1. The van der Waals surface area contributed by atoms with Gasteiger partial charge in [0.1, 0.15) is 0 Å². The van der Waals surface area contributed by atoms with Crippen molar-refractivity contribution in [1.29, 1.82) is 0 Å². The van der Waals surface area contributed by atoms with E-state index in [9.17, 15) is 0 Å². The number of aliphatic imine (C=N–C) groups is 1. The van der Waals surface area contributed by atoms with Crippen LogP contribution >= 0.6 is 11.8 Å². The second kappa shape index (κ2) is 8.03. The van der Waals surface area contributed by atoms with Crippen LogP contribution in [-0.2, 0) is 6.54 Å². The number of thioether (sulfide) groups is 1.